The highest BCUT2D eigenvalue weighted by Gasteiger charge is 2.37. The Kier molecular flexibility index (Phi) is 4.29. The summed E-state index contributed by atoms with van der Waals surface area (Å²) in [6.45, 7) is 0.472. The molecule has 1 aliphatic heterocycles. The van der Waals surface area contributed by atoms with E-state index in [1.807, 2.05) is 30.3 Å². The number of carbonyl (C=O) groups is 1. The van der Waals surface area contributed by atoms with Gasteiger partial charge < -0.3 is 10.6 Å². The van der Waals surface area contributed by atoms with Gasteiger partial charge in [-0.2, -0.15) is 0 Å². The van der Waals surface area contributed by atoms with Gasteiger partial charge in [0.2, 0.25) is 10.0 Å². The average molecular weight is 297 g/mol. The van der Waals surface area contributed by atoms with E-state index < -0.39 is 16.1 Å². The third kappa shape index (κ3) is 3.71. The summed E-state index contributed by atoms with van der Waals surface area (Å²) >= 11 is 0. The van der Waals surface area contributed by atoms with Gasteiger partial charge in [0.1, 0.15) is 0 Å². The maximum absolute atomic E-state index is 11.5. The molecule has 2 rings (SSSR count). The third-order valence-corrected chi connectivity index (χ3v) is 4.21. The van der Waals surface area contributed by atoms with Gasteiger partial charge in [0, 0.05) is 12.6 Å². The molecule has 1 aliphatic rings. The SMILES string of the molecule is CS(=O)(=O)N[C@@H]1CCN(C(N)=O)[C@H]1Cc1ccccc1. The Labute approximate surface area is 119 Å². The summed E-state index contributed by atoms with van der Waals surface area (Å²) in [6, 6.07) is 8.60. The molecule has 0 spiro atoms. The molecule has 1 aromatic rings. The second-order valence-electron chi connectivity index (χ2n) is 5.07. The Morgan fingerprint density at radius 2 is 2.05 bits per heavy atom. The lowest BCUT2D eigenvalue weighted by Crippen LogP contribution is -2.49. The van der Waals surface area contributed by atoms with Crippen LogP contribution in [0.15, 0.2) is 30.3 Å². The molecule has 6 nitrogen and oxygen atoms in total. The highest BCUT2D eigenvalue weighted by atomic mass is 32.2. The Morgan fingerprint density at radius 3 is 2.60 bits per heavy atom. The van der Waals surface area contributed by atoms with Crippen LogP contribution in [0.2, 0.25) is 0 Å². The number of primary amides is 1. The summed E-state index contributed by atoms with van der Waals surface area (Å²) in [5, 5.41) is 0. The van der Waals surface area contributed by atoms with E-state index in [1.165, 1.54) is 4.90 Å². The van der Waals surface area contributed by atoms with Gasteiger partial charge in [-0.3, -0.25) is 0 Å². The number of nitrogens with one attached hydrogen (secondary N) is 1. The number of nitrogens with two attached hydrogens (primary N) is 1. The molecule has 1 saturated heterocycles. The Hall–Kier alpha value is -1.60. The lowest BCUT2D eigenvalue weighted by Gasteiger charge is -2.27. The maximum Gasteiger partial charge on any atom is 0.315 e. The van der Waals surface area contributed by atoms with Crippen molar-refractivity contribution >= 4 is 16.1 Å². The van der Waals surface area contributed by atoms with Gasteiger partial charge in [0.15, 0.2) is 0 Å². The molecule has 0 bridgehead atoms. The van der Waals surface area contributed by atoms with Crippen LogP contribution in [-0.2, 0) is 16.4 Å². The molecular weight excluding hydrogens is 278 g/mol. The number of sulfonamides is 1. The molecule has 0 unspecified atom stereocenters. The van der Waals surface area contributed by atoms with Crippen LogP contribution in [0.4, 0.5) is 4.79 Å². The van der Waals surface area contributed by atoms with Crippen LogP contribution in [0.25, 0.3) is 0 Å². The van der Waals surface area contributed by atoms with Gasteiger partial charge in [-0.15, -0.1) is 0 Å². The largest absolute Gasteiger partial charge is 0.351 e. The molecule has 0 aromatic heterocycles. The van der Waals surface area contributed by atoms with Crippen molar-refractivity contribution in [2.45, 2.75) is 24.9 Å². The molecule has 0 radical (unpaired) electrons. The molecule has 2 atom stereocenters. The summed E-state index contributed by atoms with van der Waals surface area (Å²) < 4.78 is 25.4. The van der Waals surface area contributed by atoms with Gasteiger partial charge in [-0.25, -0.2) is 17.9 Å². The van der Waals surface area contributed by atoms with Crippen molar-refractivity contribution in [3.8, 4) is 0 Å². The minimum absolute atomic E-state index is 0.246. The van der Waals surface area contributed by atoms with Crippen LogP contribution in [-0.4, -0.2) is 44.2 Å². The number of urea groups is 1. The quantitative estimate of drug-likeness (QED) is 0.837. The fraction of sp³-hybridized carbons (Fsp3) is 0.462. The van der Waals surface area contributed by atoms with Crippen LogP contribution >= 0.6 is 0 Å². The monoisotopic (exact) mass is 297 g/mol. The van der Waals surface area contributed by atoms with E-state index in [0.29, 0.717) is 19.4 Å². The molecule has 20 heavy (non-hydrogen) atoms. The van der Waals surface area contributed by atoms with E-state index in [4.69, 9.17) is 5.73 Å². The summed E-state index contributed by atoms with van der Waals surface area (Å²) in [7, 11) is -3.31. The van der Waals surface area contributed by atoms with Crippen LogP contribution < -0.4 is 10.5 Å². The molecule has 1 fully saturated rings. The fourth-order valence-corrected chi connectivity index (χ4v) is 3.47. The molecule has 3 N–H and O–H groups in total. The molecule has 0 aliphatic carbocycles. The number of nitrogens with zero attached hydrogens (tertiary/aromatic N) is 1. The predicted octanol–water partition coefficient (Wildman–Crippen LogP) is 0.300. The van der Waals surface area contributed by atoms with Gasteiger partial charge in [0.05, 0.1) is 12.3 Å². The normalized spacial score (nSPS) is 22.9. The number of likely N-dealkylation sites (tertiary alicyclic amines) is 1. The van der Waals surface area contributed by atoms with E-state index in [2.05, 4.69) is 4.72 Å². The van der Waals surface area contributed by atoms with E-state index in [9.17, 15) is 13.2 Å². The first kappa shape index (κ1) is 14.8. The number of hydrogen-bond donors (Lipinski definition) is 2. The molecular formula is C13H19N3O3S. The highest BCUT2D eigenvalue weighted by molar-refractivity contribution is 7.88. The van der Waals surface area contributed by atoms with Crippen LogP contribution in [0.5, 0.6) is 0 Å². The van der Waals surface area contributed by atoms with Gasteiger partial charge in [0.25, 0.3) is 0 Å². The molecule has 7 heteroatoms. The Balaban J connectivity index is 2.19. The first-order valence-electron chi connectivity index (χ1n) is 6.44. The van der Waals surface area contributed by atoms with E-state index >= 15 is 0 Å². The van der Waals surface area contributed by atoms with E-state index in [0.717, 1.165) is 11.8 Å². The standard InChI is InChI=1S/C13H19N3O3S/c1-20(18,19)15-11-7-8-16(13(14)17)12(11)9-10-5-3-2-4-6-10/h2-6,11-12,15H,7-9H2,1H3,(H2,14,17)/t11-,12+/m1/s1. The average Bonchev–Trinajstić information content (AvgIpc) is 2.71. The van der Waals surface area contributed by atoms with E-state index in [-0.39, 0.29) is 12.1 Å². The topological polar surface area (TPSA) is 92.5 Å². The lowest BCUT2D eigenvalue weighted by atomic mass is 10.0. The van der Waals surface area contributed by atoms with Gasteiger partial charge in [-0.05, 0) is 18.4 Å². The number of benzene rings is 1. The minimum atomic E-state index is -3.31. The Morgan fingerprint density at radius 1 is 1.40 bits per heavy atom. The van der Waals surface area contributed by atoms with Crippen LogP contribution in [0.3, 0.4) is 0 Å². The molecule has 1 heterocycles. The van der Waals surface area contributed by atoms with Crippen molar-refractivity contribution in [2.24, 2.45) is 5.73 Å². The smallest absolute Gasteiger partial charge is 0.315 e. The minimum Gasteiger partial charge on any atom is -0.351 e. The molecule has 0 saturated carbocycles. The number of rotatable bonds is 4. The van der Waals surface area contributed by atoms with Crippen LogP contribution in [0, 0.1) is 0 Å². The van der Waals surface area contributed by atoms with Crippen molar-refractivity contribution in [1.82, 2.24) is 9.62 Å². The zero-order valence-electron chi connectivity index (χ0n) is 11.3. The van der Waals surface area contributed by atoms with Crippen molar-refractivity contribution in [1.29, 1.82) is 0 Å². The molecule has 1 aromatic carbocycles. The second-order valence-corrected chi connectivity index (χ2v) is 6.85. The first-order valence-corrected chi connectivity index (χ1v) is 8.33. The summed E-state index contributed by atoms with van der Waals surface area (Å²) in [5.74, 6) is 0. The maximum atomic E-state index is 11.5. The molecule has 110 valence electrons. The first-order chi connectivity index (χ1) is 9.37. The lowest BCUT2D eigenvalue weighted by molar-refractivity contribution is 0.199. The summed E-state index contributed by atoms with van der Waals surface area (Å²) in [4.78, 5) is 13.0. The number of amides is 2. The van der Waals surface area contributed by atoms with Crippen LogP contribution in [0.1, 0.15) is 12.0 Å². The third-order valence-electron chi connectivity index (χ3n) is 3.48. The van der Waals surface area contributed by atoms with Gasteiger partial charge in [-0.1, -0.05) is 30.3 Å². The Bertz CT molecular complexity index is 574. The summed E-state index contributed by atoms with van der Waals surface area (Å²) in [6.07, 6.45) is 2.28. The van der Waals surface area contributed by atoms with E-state index in [1.54, 1.807) is 0 Å². The molecule has 2 amide bonds. The zero-order valence-corrected chi connectivity index (χ0v) is 12.1. The van der Waals surface area contributed by atoms with Gasteiger partial charge >= 0.3 is 6.03 Å². The van der Waals surface area contributed by atoms with Crippen molar-refractivity contribution in [2.75, 3.05) is 12.8 Å². The second kappa shape index (κ2) is 5.80. The predicted molar refractivity (Wildman–Crippen MR) is 76.6 cm³/mol. The van der Waals surface area contributed by atoms with Crippen molar-refractivity contribution in [3.05, 3.63) is 35.9 Å². The number of carbonyl (C=O) groups excluding carboxylic acids is 1. The van der Waals surface area contributed by atoms with Crippen molar-refractivity contribution in [3.63, 3.8) is 0 Å². The fourth-order valence-electron chi connectivity index (χ4n) is 2.65. The van der Waals surface area contributed by atoms with Crippen molar-refractivity contribution < 1.29 is 13.2 Å². The highest BCUT2D eigenvalue weighted by Crippen LogP contribution is 2.22. The number of hydrogen-bond acceptors (Lipinski definition) is 3. The zero-order chi connectivity index (χ0) is 14.8. The summed E-state index contributed by atoms with van der Waals surface area (Å²) in [5.41, 5.74) is 6.42.